The van der Waals surface area contributed by atoms with Crippen molar-refractivity contribution in [1.29, 1.82) is 0 Å². The normalized spacial score (nSPS) is 51.3. The number of hydrogen-bond donors (Lipinski definition) is 5. The number of aliphatic hydroxyl groups excluding tert-OH is 3. The Hall–Kier alpha value is -0.890. The lowest BCUT2D eigenvalue weighted by Crippen LogP contribution is -2.50. The molecule has 0 radical (unpaired) electrons. The van der Waals surface area contributed by atoms with Crippen LogP contribution in [0.15, 0.2) is 4.99 Å². The van der Waals surface area contributed by atoms with Crippen LogP contribution in [0, 0.1) is 0 Å². The van der Waals surface area contributed by atoms with Gasteiger partial charge in [0.15, 0.2) is 6.10 Å². The van der Waals surface area contributed by atoms with Crippen molar-refractivity contribution in [2.75, 3.05) is 6.61 Å². The lowest BCUT2D eigenvalue weighted by molar-refractivity contribution is -0.117. The second-order valence-corrected chi connectivity index (χ2v) is 3.58. The third-order valence-corrected chi connectivity index (χ3v) is 2.77. The summed E-state index contributed by atoms with van der Waals surface area (Å²) >= 11 is 0. The van der Waals surface area contributed by atoms with Crippen LogP contribution in [0.1, 0.15) is 0 Å². The van der Waals surface area contributed by atoms with E-state index in [-0.39, 0.29) is 6.02 Å². The molecule has 80 valence electrons. The van der Waals surface area contributed by atoms with E-state index < -0.39 is 36.6 Å². The van der Waals surface area contributed by atoms with Gasteiger partial charge in [-0.3, -0.25) is 0 Å². The summed E-state index contributed by atoms with van der Waals surface area (Å²) in [6.45, 7) is -0.716. The Morgan fingerprint density at radius 1 is 1.50 bits per heavy atom. The number of ether oxygens (including phenoxy) is 1. The predicted molar refractivity (Wildman–Crippen MR) is 44.3 cm³/mol. The van der Waals surface area contributed by atoms with Crippen molar-refractivity contribution >= 4 is 6.02 Å². The average molecular weight is 204 g/mol. The Bertz CT molecular complexity index is 283. The van der Waals surface area contributed by atoms with E-state index >= 15 is 0 Å². The molecule has 1 saturated carbocycles. The van der Waals surface area contributed by atoms with Gasteiger partial charge in [-0.15, -0.1) is 0 Å². The molecule has 1 aliphatic heterocycles. The molecule has 14 heavy (non-hydrogen) atoms. The number of aliphatic imine (C=N–C) groups is 1. The topological polar surface area (TPSA) is 129 Å². The summed E-state index contributed by atoms with van der Waals surface area (Å²) < 4.78 is 4.91. The van der Waals surface area contributed by atoms with Gasteiger partial charge in [0.1, 0.15) is 23.9 Å². The van der Waals surface area contributed by atoms with Crippen molar-refractivity contribution in [2.24, 2.45) is 10.7 Å². The molecule has 6 N–H and O–H groups in total. The molecular formula is C7H12N2O5. The molecule has 1 fully saturated rings. The fourth-order valence-corrected chi connectivity index (χ4v) is 1.93. The molecule has 7 heteroatoms. The van der Waals surface area contributed by atoms with Crippen LogP contribution < -0.4 is 5.73 Å². The minimum absolute atomic E-state index is 0.155. The van der Waals surface area contributed by atoms with Gasteiger partial charge in [-0.1, -0.05) is 0 Å². The molecule has 0 saturated heterocycles. The van der Waals surface area contributed by atoms with Crippen LogP contribution in [0.25, 0.3) is 0 Å². The molecule has 0 bridgehead atoms. The van der Waals surface area contributed by atoms with Crippen LogP contribution in [0.2, 0.25) is 0 Å². The van der Waals surface area contributed by atoms with Crippen LogP contribution in [0.5, 0.6) is 0 Å². The van der Waals surface area contributed by atoms with Gasteiger partial charge in [0.05, 0.1) is 6.61 Å². The number of rotatable bonds is 1. The molecular weight excluding hydrogens is 192 g/mol. The van der Waals surface area contributed by atoms with Gasteiger partial charge in [0, 0.05) is 0 Å². The molecule has 1 heterocycles. The molecule has 0 aromatic carbocycles. The van der Waals surface area contributed by atoms with E-state index in [1.807, 2.05) is 0 Å². The molecule has 5 atom stereocenters. The highest BCUT2D eigenvalue weighted by Crippen LogP contribution is 2.37. The Morgan fingerprint density at radius 3 is 2.71 bits per heavy atom. The maximum atomic E-state index is 9.82. The number of fused-ring (bicyclic) bond motifs is 1. The van der Waals surface area contributed by atoms with Gasteiger partial charge in [0.2, 0.25) is 0 Å². The summed E-state index contributed by atoms with van der Waals surface area (Å²) in [6, 6.07) is -1.07. The van der Waals surface area contributed by atoms with Crippen LogP contribution in [-0.2, 0) is 4.74 Å². The predicted octanol–water partition coefficient (Wildman–Crippen LogP) is -3.47. The third kappa shape index (κ3) is 0.976. The molecule has 0 spiro atoms. The summed E-state index contributed by atoms with van der Waals surface area (Å²) in [7, 11) is 0. The van der Waals surface area contributed by atoms with Gasteiger partial charge in [-0.25, -0.2) is 4.99 Å². The Balaban J connectivity index is 2.35. The second kappa shape index (κ2) is 2.80. The molecule has 1 aliphatic carbocycles. The molecule has 2 aliphatic rings. The number of aliphatic hydroxyl groups is 4. The van der Waals surface area contributed by atoms with Gasteiger partial charge < -0.3 is 30.9 Å². The monoisotopic (exact) mass is 204 g/mol. The summed E-state index contributed by atoms with van der Waals surface area (Å²) in [5.74, 6) is 0. The third-order valence-electron chi connectivity index (χ3n) is 2.77. The molecule has 0 aromatic heterocycles. The SMILES string of the molecule is NC1=N[C@@H]2[C@H](O1)[C@@H](O)[C@H](O)[C@]2(O)CO. The summed E-state index contributed by atoms with van der Waals surface area (Å²) in [5.41, 5.74) is 3.37. The van der Waals surface area contributed by atoms with Crippen molar-refractivity contribution in [3.8, 4) is 0 Å². The van der Waals surface area contributed by atoms with E-state index in [0.717, 1.165) is 0 Å². The zero-order valence-corrected chi connectivity index (χ0v) is 7.24. The van der Waals surface area contributed by atoms with Crippen LogP contribution in [0.4, 0.5) is 0 Å². The van der Waals surface area contributed by atoms with Crippen LogP contribution >= 0.6 is 0 Å². The zero-order valence-electron chi connectivity index (χ0n) is 7.24. The molecule has 0 aromatic rings. The quantitative estimate of drug-likeness (QED) is 0.302. The van der Waals surface area contributed by atoms with E-state index in [1.165, 1.54) is 0 Å². The summed E-state index contributed by atoms with van der Waals surface area (Å²) in [6.07, 6.45) is -3.68. The Labute approximate surface area is 79.4 Å². The maximum absolute atomic E-state index is 9.82. The number of nitrogens with zero attached hydrogens (tertiary/aromatic N) is 1. The van der Waals surface area contributed by atoms with Crippen molar-refractivity contribution in [2.45, 2.75) is 30.0 Å². The van der Waals surface area contributed by atoms with Crippen molar-refractivity contribution < 1.29 is 25.2 Å². The smallest absolute Gasteiger partial charge is 0.282 e. The van der Waals surface area contributed by atoms with Crippen LogP contribution in [-0.4, -0.2) is 63.0 Å². The van der Waals surface area contributed by atoms with E-state index in [4.69, 9.17) is 15.6 Å². The second-order valence-electron chi connectivity index (χ2n) is 3.58. The van der Waals surface area contributed by atoms with Gasteiger partial charge in [-0.05, 0) is 0 Å². The van der Waals surface area contributed by atoms with Crippen molar-refractivity contribution in [1.82, 2.24) is 0 Å². The first-order chi connectivity index (χ1) is 6.50. The Morgan fingerprint density at radius 2 is 2.14 bits per heavy atom. The lowest BCUT2D eigenvalue weighted by Gasteiger charge is -2.26. The van der Waals surface area contributed by atoms with E-state index in [0.29, 0.717) is 0 Å². The highest BCUT2D eigenvalue weighted by molar-refractivity contribution is 5.74. The van der Waals surface area contributed by atoms with E-state index in [1.54, 1.807) is 0 Å². The van der Waals surface area contributed by atoms with Crippen LogP contribution in [0.3, 0.4) is 0 Å². The molecule has 0 amide bonds. The first-order valence-electron chi connectivity index (χ1n) is 4.20. The largest absolute Gasteiger partial charge is 0.457 e. The standard InChI is InChI=1S/C7H12N2O5/c8-6-9-4-3(14-6)2(11)5(12)7(4,13)1-10/h2-5,10-13H,1H2,(H2,8,9)/t2-,3-,4-,5+,7+/m1/s1. The molecule has 7 nitrogen and oxygen atoms in total. The first-order valence-corrected chi connectivity index (χ1v) is 4.20. The van der Waals surface area contributed by atoms with Gasteiger partial charge in [-0.2, -0.15) is 0 Å². The average Bonchev–Trinajstić information content (AvgIpc) is 2.62. The number of nitrogens with two attached hydrogens (primary N) is 1. The fourth-order valence-electron chi connectivity index (χ4n) is 1.93. The van der Waals surface area contributed by atoms with Crippen molar-refractivity contribution in [3.05, 3.63) is 0 Å². The number of amidine groups is 1. The van der Waals surface area contributed by atoms with Gasteiger partial charge >= 0.3 is 0 Å². The van der Waals surface area contributed by atoms with E-state index in [9.17, 15) is 15.3 Å². The lowest BCUT2D eigenvalue weighted by atomic mass is 9.97. The van der Waals surface area contributed by atoms with Gasteiger partial charge in [0.25, 0.3) is 6.02 Å². The zero-order chi connectivity index (χ0) is 10.5. The minimum Gasteiger partial charge on any atom is -0.457 e. The first kappa shape index (κ1) is 9.66. The van der Waals surface area contributed by atoms with Crippen molar-refractivity contribution in [3.63, 3.8) is 0 Å². The number of hydrogen-bond acceptors (Lipinski definition) is 7. The highest BCUT2D eigenvalue weighted by Gasteiger charge is 2.63. The summed E-state index contributed by atoms with van der Waals surface area (Å²) in [4.78, 5) is 3.72. The summed E-state index contributed by atoms with van der Waals surface area (Å²) in [5, 5.41) is 37.7. The minimum atomic E-state index is -1.88. The Kier molecular flexibility index (Phi) is 1.93. The van der Waals surface area contributed by atoms with E-state index in [2.05, 4.69) is 4.99 Å². The maximum Gasteiger partial charge on any atom is 0.282 e. The molecule has 0 unspecified atom stereocenters. The fraction of sp³-hybridized carbons (Fsp3) is 0.857. The molecule has 2 rings (SSSR count). The highest BCUT2D eigenvalue weighted by atomic mass is 16.5.